The van der Waals surface area contributed by atoms with Crippen molar-refractivity contribution in [3.63, 3.8) is 0 Å². The lowest BCUT2D eigenvalue weighted by molar-refractivity contribution is -0.128. The first kappa shape index (κ1) is 23.1. The van der Waals surface area contributed by atoms with Gasteiger partial charge in [0, 0.05) is 12.2 Å². The number of amides is 3. The van der Waals surface area contributed by atoms with Gasteiger partial charge in [-0.1, -0.05) is 72.8 Å². The van der Waals surface area contributed by atoms with Gasteiger partial charge in [-0.25, -0.2) is 4.39 Å². The van der Waals surface area contributed by atoms with Crippen molar-refractivity contribution in [3.8, 4) is 0 Å². The number of carbonyl (C=O) groups excluding carboxylic acids is 3. The fourth-order valence-electron chi connectivity index (χ4n) is 5.70. The van der Waals surface area contributed by atoms with E-state index >= 15 is 0 Å². The van der Waals surface area contributed by atoms with Gasteiger partial charge in [0.1, 0.15) is 17.5 Å². The fraction of sp³-hybridized carbons (Fsp3) is 0.207. The summed E-state index contributed by atoms with van der Waals surface area (Å²) in [5.41, 5.74) is 0.144. The highest BCUT2D eigenvalue weighted by Gasteiger charge is 2.73. The summed E-state index contributed by atoms with van der Waals surface area (Å²) in [7, 11) is 0. The minimum atomic E-state index is -1.32. The minimum absolute atomic E-state index is 0.0239. The third kappa shape index (κ3) is 3.72. The van der Waals surface area contributed by atoms with E-state index in [0.717, 1.165) is 5.56 Å². The Bertz CT molecular complexity index is 1400. The second kappa shape index (κ2) is 8.97. The Morgan fingerprint density at radius 1 is 0.919 bits per heavy atom. The largest absolute Gasteiger partial charge is 0.359 e. The monoisotopic (exact) mass is 497 g/mol. The lowest BCUT2D eigenvalue weighted by Crippen LogP contribution is -2.54. The number of fused-ring (bicyclic) bond motifs is 1. The van der Waals surface area contributed by atoms with Gasteiger partial charge in [-0.2, -0.15) is 0 Å². The van der Waals surface area contributed by atoms with Crippen LogP contribution in [0.1, 0.15) is 5.56 Å². The minimum Gasteiger partial charge on any atom is -0.359 e. The summed E-state index contributed by atoms with van der Waals surface area (Å²) in [5, 5.41) is 5.56. The highest BCUT2D eigenvalue weighted by atomic mass is 19.1. The summed E-state index contributed by atoms with van der Waals surface area (Å²) < 4.78 is 20.6. The van der Waals surface area contributed by atoms with Crippen LogP contribution < -0.4 is 15.5 Å². The maximum Gasteiger partial charge on any atom is 0.246 e. The first-order valence-electron chi connectivity index (χ1n) is 12.1. The van der Waals surface area contributed by atoms with E-state index in [9.17, 15) is 18.8 Å². The molecular weight excluding hydrogens is 473 g/mol. The summed E-state index contributed by atoms with van der Waals surface area (Å²) >= 11 is 0. The van der Waals surface area contributed by atoms with Crippen LogP contribution in [0.3, 0.4) is 0 Å². The van der Waals surface area contributed by atoms with Crippen LogP contribution in [0.25, 0.3) is 0 Å². The highest BCUT2D eigenvalue weighted by Crippen LogP contribution is 2.56. The van der Waals surface area contributed by atoms with E-state index in [-0.39, 0.29) is 24.0 Å². The molecule has 37 heavy (non-hydrogen) atoms. The third-order valence-electron chi connectivity index (χ3n) is 7.30. The number of hydrogen-bond donors (Lipinski definition) is 2. The van der Waals surface area contributed by atoms with Gasteiger partial charge in [-0.15, -0.1) is 0 Å². The van der Waals surface area contributed by atoms with Gasteiger partial charge in [0.2, 0.25) is 17.7 Å². The Morgan fingerprint density at radius 3 is 2.32 bits per heavy atom. The molecule has 3 aromatic rings. The van der Waals surface area contributed by atoms with Crippen LogP contribution >= 0.6 is 0 Å². The summed E-state index contributed by atoms with van der Waals surface area (Å²) in [6, 6.07) is 23.2. The van der Waals surface area contributed by atoms with Crippen LogP contribution in [0.4, 0.5) is 15.8 Å². The van der Waals surface area contributed by atoms with Crippen LogP contribution in [0.5, 0.6) is 0 Å². The number of carbonyl (C=O) groups is 3. The zero-order chi connectivity index (χ0) is 25.6. The zero-order valence-corrected chi connectivity index (χ0v) is 19.7. The molecule has 2 N–H and O–H groups in total. The van der Waals surface area contributed by atoms with E-state index in [2.05, 4.69) is 10.6 Å². The number of nitrogens with zero attached hydrogens (tertiary/aromatic N) is 1. The standard InChI is InChI=1S/C29H24FN3O4/c30-20-13-7-8-14-21(20)32-26(34)23-22-15-16-29(37-22)24(23)28(36)33(19-11-5-2-6-12-19)25(29)27(35)31-17-18-9-3-1-4-10-18/h1-16,22-25H,17H2,(H,31,35)(H,32,34)/t22-,23-,24+,25-,29-/m1/s1. The summed E-state index contributed by atoms with van der Waals surface area (Å²) in [4.78, 5) is 42.5. The van der Waals surface area contributed by atoms with Crippen molar-refractivity contribution in [2.75, 3.05) is 10.2 Å². The summed E-state index contributed by atoms with van der Waals surface area (Å²) in [6.07, 6.45) is 2.76. The molecule has 8 heteroatoms. The Balaban J connectivity index is 1.35. The number of hydrogen-bond acceptors (Lipinski definition) is 4. The van der Waals surface area contributed by atoms with E-state index in [1.165, 1.54) is 23.1 Å². The van der Waals surface area contributed by atoms with Crippen molar-refractivity contribution >= 4 is 29.1 Å². The van der Waals surface area contributed by atoms with Crippen LogP contribution in [0.2, 0.25) is 0 Å². The Hall–Kier alpha value is -4.30. The molecular formula is C29H24FN3O4. The maximum atomic E-state index is 14.3. The van der Waals surface area contributed by atoms with E-state index < -0.39 is 41.3 Å². The molecule has 186 valence electrons. The maximum absolute atomic E-state index is 14.3. The molecule has 2 saturated heterocycles. The molecule has 0 aromatic heterocycles. The van der Waals surface area contributed by atoms with Crippen molar-refractivity contribution in [2.45, 2.75) is 24.3 Å². The number of ether oxygens (including phenoxy) is 1. The highest BCUT2D eigenvalue weighted by molar-refractivity contribution is 6.11. The number of nitrogens with one attached hydrogen (secondary N) is 2. The number of halogens is 1. The molecule has 1 spiro atoms. The normalized spacial score (nSPS) is 27.3. The topological polar surface area (TPSA) is 87.7 Å². The second-order valence-corrected chi connectivity index (χ2v) is 9.42. The Labute approximate surface area is 212 Å². The quantitative estimate of drug-likeness (QED) is 0.511. The average Bonchev–Trinajstić information content (AvgIpc) is 3.57. The van der Waals surface area contributed by atoms with Crippen LogP contribution in [-0.4, -0.2) is 35.5 Å². The molecule has 6 rings (SSSR count). The number of benzene rings is 3. The molecule has 3 aliphatic rings. The molecule has 2 fully saturated rings. The van der Waals surface area contributed by atoms with Crippen LogP contribution in [-0.2, 0) is 25.7 Å². The lowest BCUT2D eigenvalue weighted by Gasteiger charge is -2.32. The van der Waals surface area contributed by atoms with Gasteiger partial charge in [-0.05, 0) is 29.8 Å². The number of para-hydroxylation sites is 2. The van der Waals surface area contributed by atoms with Gasteiger partial charge in [0.15, 0.2) is 0 Å². The third-order valence-corrected chi connectivity index (χ3v) is 7.30. The predicted octanol–water partition coefficient (Wildman–Crippen LogP) is 3.44. The first-order chi connectivity index (χ1) is 18.0. The van der Waals surface area contributed by atoms with Crippen LogP contribution in [0, 0.1) is 17.7 Å². The van der Waals surface area contributed by atoms with Gasteiger partial charge in [-0.3, -0.25) is 19.3 Å². The Kier molecular flexibility index (Phi) is 5.61. The SMILES string of the molecule is O=C(Nc1ccccc1F)[C@H]1[C@H]2C(=O)N(c3ccccc3)[C@H](C(=O)NCc3ccccc3)[C@@]23C=C[C@H]1O3. The molecule has 3 heterocycles. The first-order valence-corrected chi connectivity index (χ1v) is 12.1. The zero-order valence-electron chi connectivity index (χ0n) is 19.7. The van der Waals surface area contributed by atoms with E-state index in [4.69, 9.17) is 4.74 Å². The van der Waals surface area contributed by atoms with E-state index in [1.54, 1.807) is 42.5 Å². The number of anilines is 2. The van der Waals surface area contributed by atoms with Crippen molar-refractivity contribution < 1.29 is 23.5 Å². The molecule has 3 amide bonds. The molecule has 0 saturated carbocycles. The van der Waals surface area contributed by atoms with Crippen molar-refractivity contribution in [3.05, 3.63) is 108 Å². The summed E-state index contributed by atoms with van der Waals surface area (Å²) in [5.74, 6) is -3.74. The van der Waals surface area contributed by atoms with E-state index in [1.807, 2.05) is 36.4 Å². The van der Waals surface area contributed by atoms with Gasteiger partial charge < -0.3 is 15.4 Å². The summed E-state index contributed by atoms with van der Waals surface area (Å²) in [6.45, 7) is 0.276. The second-order valence-electron chi connectivity index (χ2n) is 9.42. The fourth-order valence-corrected chi connectivity index (χ4v) is 5.70. The number of rotatable bonds is 6. The van der Waals surface area contributed by atoms with Crippen molar-refractivity contribution in [1.82, 2.24) is 5.32 Å². The van der Waals surface area contributed by atoms with Gasteiger partial charge >= 0.3 is 0 Å². The smallest absolute Gasteiger partial charge is 0.246 e. The molecule has 2 bridgehead atoms. The average molecular weight is 498 g/mol. The van der Waals surface area contributed by atoms with Crippen LogP contribution in [0.15, 0.2) is 97.1 Å². The lowest BCUT2D eigenvalue weighted by atomic mass is 9.74. The van der Waals surface area contributed by atoms with Gasteiger partial charge in [0.05, 0.1) is 23.6 Å². The molecule has 0 unspecified atom stereocenters. The van der Waals surface area contributed by atoms with Crippen molar-refractivity contribution in [1.29, 1.82) is 0 Å². The van der Waals surface area contributed by atoms with Gasteiger partial charge in [0.25, 0.3) is 0 Å². The molecule has 5 atom stereocenters. The van der Waals surface area contributed by atoms with E-state index in [0.29, 0.717) is 5.69 Å². The molecule has 3 aliphatic heterocycles. The Morgan fingerprint density at radius 2 is 1.59 bits per heavy atom. The molecule has 7 nitrogen and oxygen atoms in total. The molecule has 0 radical (unpaired) electrons. The van der Waals surface area contributed by atoms with Crippen molar-refractivity contribution in [2.24, 2.45) is 11.8 Å². The predicted molar refractivity (Wildman–Crippen MR) is 135 cm³/mol. The molecule has 0 aliphatic carbocycles. The molecule has 3 aromatic carbocycles.